The van der Waals surface area contributed by atoms with E-state index in [-0.39, 0.29) is 31.5 Å². The van der Waals surface area contributed by atoms with Gasteiger partial charge in [-0.05, 0) is 36.1 Å². The van der Waals surface area contributed by atoms with Crippen molar-refractivity contribution in [3.05, 3.63) is 40.3 Å². The second-order valence-electron chi connectivity index (χ2n) is 9.02. The van der Waals surface area contributed by atoms with Crippen molar-refractivity contribution < 1.29 is 38.4 Å². The molecule has 0 aliphatic heterocycles. The summed E-state index contributed by atoms with van der Waals surface area (Å²) < 4.78 is 21.3. The number of aliphatic hydroxyl groups is 1. The van der Waals surface area contributed by atoms with Crippen molar-refractivity contribution in [2.45, 2.75) is 45.9 Å². The molecule has 40 heavy (non-hydrogen) atoms. The molecule has 0 spiro atoms. The first-order valence-electron chi connectivity index (χ1n) is 13.2. The van der Waals surface area contributed by atoms with Crippen LogP contribution in [-0.2, 0) is 39.9 Å². The zero-order valence-corrected chi connectivity index (χ0v) is 23.5. The zero-order chi connectivity index (χ0) is 29.6. The minimum atomic E-state index is -0.833. The van der Waals surface area contributed by atoms with Crippen molar-refractivity contribution in [1.29, 1.82) is 0 Å². The Morgan fingerprint density at radius 3 is 1.93 bits per heavy atom. The van der Waals surface area contributed by atoms with Crippen LogP contribution >= 0.6 is 0 Å². The Bertz CT molecular complexity index is 924. The number of azide groups is 1. The molecule has 1 aromatic carbocycles. The number of rotatable bonds is 22. The fourth-order valence-electron chi connectivity index (χ4n) is 3.17. The molecule has 0 fully saturated rings. The van der Waals surface area contributed by atoms with Gasteiger partial charge in [0.05, 0.1) is 59.5 Å². The predicted molar refractivity (Wildman–Crippen MR) is 147 cm³/mol. The lowest BCUT2D eigenvalue weighted by Gasteiger charge is -2.24. The summed E-state index contributed by atoms with van der Waals surface area (Å²) in [6.45, 7) is 8.12. The summed E-state index contributed by atoms with van der Waals surface area (Å²) >= 11 is 0. The molecule has 0 bridgehead atoms. The SMILES string of the molecule is CC(C)[C@H](NC(=O)CCOCCOCCOCCOCCN=[N+]=[N-])C(=O)N[C@@H](C)C(=O)Nc1ccc(CO)cc1. The second kappa shape index (κ2) is 21.5. The highest BCUT2D eigenvalue weighted by molar-refractivity contribution is 5.98. The summed E-state index contributed by atoms with van der Waals surface area (Å²) in [5.41, 5.74) is 9.40. The van der Waals surface area contributed by atoms with E-state index in [2.05, 4.69) is 26.0 Å². The first-order chi connectivity index (χ1) is 19.3. The van der Waals surface area contributed by atoms with E-state index >= 15 is 0 Å². The summed E-state index contributed by atoms with van der Waals surface area (Å²) in [6, 6.07) is 5.06. The number of benzene rings is 1. The molecule has 224 valence electrons. The van der Waals surface area contributed by atoms with Crippen LogP contribution in [0.1, 0.15) is 32.8 Å². The lowest BCUT2D eigenvalue weighted by atomic mass is 10.0. The van der Waals surface area contributed by atoms with Crippen LogP contribution < -0.4 is 16.0 Å². The minimum Gasteiger partial charge on any atom is -0.392 e. The van der Waals surface area contributed by atoms with Gasteiger partial charge < -0.3 is 40.0 Å². The molecule has 0 aliphatic rings. The third kappa shape index (κ3) is 16.0. The van der Waals surface area contributed by atoms with Crippen LogP contribution in [0.2, 0.25) is 0 Å². The number of hydrogen-bond donors (Lipinski definition) is 4. The summed E-state index contributed by atoms with van der Waals surface area (Å²) in [5.74, 6) is -1.41. The third-order valence-corrected chi connectivity index (χ3v) is 5.41. The van der Waals surface area contributed by atoms with E-state index in [9.17, 15) is 14.4 Å². The molecule has 3 amide bonds. The van der Waals surface area contributed by atoms with E-state index in [1.165, 1.54) is 0 Å². The number of nitrogens with one attached hydrogen (secondary N) is 3. The highest BCUT2D eigenvalue weighted by Crippen LogP contribution is 2.10. The molecular weight excluding hydrogens is 524 g/mol. The average molecular weight is 567 g/mol. The third-order valence-electron chi connectivity index (χ3n) is 5.41. The Hall–Kier alpha value is -3.26. The number of ether oxygens (including phenoxy) is 4. The van der Waals surface area contributed by atoms with E-state index < -0.39 is 23.9 Å². The maximum absolute atomic E-state index is 12.8. The molecule has 1 aromatic rings. The molecule has 0 radical (unpaired) electrons. The minimum absolute atomic E-state index is 0.0686. The summed E-state index contributed by atoms with van der Waals surface area (Å²) in [6.07, 6.45) is 0.0686. The van der Waals surface area contributed by atoms with Gasteiger partial charge in [-0.2, -0.15) is 0 Å². The fourth-order valence-corrected chi connectivity index (χ4v) is 3.17. The van der Waals surface area contributed by atoms with Gasteiger partial charge in [-0.3, -0.25) is 14.4 Å². The van der Waals surface area contributed by atoms with E-state index in [0.29, 0.717) is 58.5 Å². The number of nitrogens with zero attached hydrogens (tertiary/aromatic N) is 3. The highest BCUT2D eigenvalue weighted by atomic mass is 16.6. The molecule has 1 rings (SSSR count). The van der Waals surface area contributed by atoms with Crippen molar-refractivity contribution in [1.82, 2.24) is 10.6 Å². The molecule has 0 heterocycles. The first kappa shape index (κ1) is 34.8. The monoisotopic (exact) mass is 566 g/mol. The predicted octanol–water partition coefficient (Wildman–Crippen LogP) is 1.53. The van der Waals surface area contributed by atoms with Gasteiger partial charge in [0, 0.05) is 23.6 Å². The number of hydrogen-bond acceptors (Lipinski definition) is 9. The Balaban J connectivity index is 2.19. The lowest BCUT2D eigenvalue weighted by molar-refractivity contribution is -0.132. The van der Waals surface area contributed by atoms with Gasteiger partial charge >= 0.3 is 0 Å². The van der Waals surface area contributed by atoms with Crippen molar-refractivity contribution in [2.24, 2.45) is 11.0 Å². The summed E-state index contributed by atoms with van der Waals surface area (Å²) in [4.78, 5) is 40.2. The van der Waals surface area contributed by atoms with Gasteiger partial charge in [-0.1, -0.05) is 31.1 Å². The molecule has 0 saturated heterocycles. The molecular formula is C26H42N6O8. The van der Waals surface area contributed by atoms with Gasteiger partial charge in [0.15, 0.2) is 0 Å². The van der Waals surface area contributed by atoms with Crippen LogP contribution in [0.5, 0.6) is 0 Å². The van der Waals surface area contributed by atoms with Crippen LogP contribution in [0.25, 0.3) is 10.4 Å². The van der Waals surface area contributed by atoms with E-state index in [1.807, 2.05) is 0 Å². The molecule has 4 N–H and O–H groups in total. The smallest absolute Gasteiger partial charge is 0.246 e. The number of anilines is 1. The standard InChI is InChI=1S/C26H42N6O8/c1-19(2)24(26(36)29-20(3)25(35)30-22-6-4-21(18-33)5-7-22)31-23(34)8-10-37-12-14-39-16-17-40-15-13-38-11-9-28-32-27/h4-7,19-20,24,33H,8-18H2,1-3H3,(H,29,36)(H,30,35)(H,31,34)/t20-,24-/m0/s1. The summed E-state index contributed by atoms with van der Waals surface area (Å²) in [7, 11) is 0. The Morgan fingerprint density at radius 1 is 0.850 bits per heavy atom. The molecule has 14 heteroatoms. The quantitative estimate of drug-likeness (QED) is 0.0702. The van der Waals surface area contributed by atoms with Gasteiger partial charge in [0.25, 0.3) is 0 Å². The van der Waals surface area contributed by atoms with Gasteiger partial charge in [-0.25, -0.2) is 0 Å². The topological polar surface area (TPSA) is 193 Å². The Labute approximate surface area is 234 Å². The van der Waals surface area contributed by atoms with E-state index in [4.69, 9.17) is 29.6 Å². The zero-order valence-electron chi connectivity index (χ0n) is 23.5. The molecule has 0 aromatic heterocycles. The normalized spacial score (nSPS) is 12.3. The van der Waals surface area contributed by atoms with Crippen molar-refractivity contribution in [3.8, 4) is 0 Å². The van der Waals surface area contributed by atoms with Crippen LogP contribution in [0.15, 0.2) is 29.4 Å². The van der Waals surface area contributed by atoms with Crippen LogP contribution in [0, 0.1) is 5.92 Å². The van der Waals surface area contributed by atoms with E-state index in [1.54, 1.807) is 45.0 Å². The van der Waals surface area contributed by atoms with Crippen molar-refractivity contribution in [2.75, 3.05) is 64.7 Å². The summed E-state index contributed by atoms with van der Waals surface area (Å²) in [5, 5.41) is 20.5. The van der Waals surface area contributed by atoms with Crippen LogP contribution in [0.4, 0.5) is 5.69 Å². The fraction of sp³-hybridized carbons (Fsp3) is 0.654. The number of carbonyl (C=O) groups excluding carboxylic acids is 3. The average Bonchev–Trinajstić information content (AvgIpc) is 2.93. The number of carbonyl (C=O) groups is 3. The maximum Gasteiger partial charge on any atom is 0.246 e. The molecule has 0 saturated carbocycles. The van der Waals surface area contributed by atoms with Crippen molar-refractivity contribution in [3.63, 3.8) is 0 Å². The van der Waals surface area contributed by atoms with Crippen LogP contribution in [0.3, 0.4) is 0 Å². The second-order valence-corrected chi connectivity index (χ2v) is 9.02. The molecule has 0 unspecified atom stereocenters. The van der Waals surface area contributed by atoms with Crippen LogP contribution in [-0.4, -0.2) is 94.3 Å². The lowest BCUT2D eigenvalue weighted by Crippen LogP contribution is -2.53. The maximum atomic E-state index is 12.8. The first-order valence-corrected chi connectivity index (χ1v) is 13.2. The highest BCUT2D eigenvalue weighted by Gasteiger charge is 2.27. The largest absolute Gasteiger partial charge is 0.392 e. The van der Waals surface area contributed by atoms with Gasteiger partial charge in [0.2, 0.25) is 17.7 Å². The Morgan fingerprint density at radius 2 is 1.40 bits per heavy atom. The Kier molecular flexibility index (Phi) is 18.7. The molecule has 14 nitrogen and oxygen atoms in total. The van der Waals surface area contributed by atoms with E-state index in [0.717, 1.165) is 5.56 Å². The molecule has 0 aliphatic carbocycles. The van der Waals surface area contributed by atoms with Gasteiger partial charge in [-0.15, -0.1) is 0 Å². The number of aliphatic hydroxyl groups excluding tert-OH is 1. The van der Waals surface area contributed by atoms with Crippen molar-refractivity contribution >= 4 is 23.4 Å². The number of amides is 3. The molecule has 2 atom stereocenters. The van der Waals surface area contributed by atoms with Gasteiger partial charge in [0.1, 0.15) is 12.1 Å².